The van der Waals surface area contributed by atoms with Gasteiger partial charge in [-0.15, -0.1) is 0 Å². The van der Waals surface area contributed by atoms with Crippen molar-refractivity contribution in [1.82, 2.24) is 4.98 Å². The fourth-order valence-corrected chi connectivity index (χ4v) is 2.15. The predicted molar refractivity (Wildman–Crippen MR) is 73.2 cm³/mol. The molecule has 4 nitrogen and oxygen atoms in total. The number of aromatic nitrogens is 1. The number of nitriles is 1. The van der Waals surface area contributed by atoms with E-state index in [2.05, 4.69) is 11.1 Å². The SMILES string of the molecule is Cc1coc(SCCOc2ccc(CC#N)cc2)n1. The van der Waals surface area contributed by atoms with Crippen LogP contribution in [0.1, 0.15) is 11.3 Å². The van der Waals surface area contributed by atoms with Crippen molar-refractivity contribution < 1.29 is 9.15 Å². The largest absolute Gasteiger partial charge is 0.493 e. The molecule has 0 fully saturated rings. The third-order valence-electron chi connectivity index (χ3n) is 2.38. The van der Waals surface area contributed by atoms with E-state index < -0.39 is 0 Å². The van der Waals surface area contributed by atoms with Crippen molar-refractivity contribution in [3.8, 4) is 11.8 Å². The molecule has 0 N–H and O–H groups in total. The van der Waals surface area contributed by atoms with Gasteiger partial charge < -0.3 is 9.15 Å². The van der Waals surface area contributed by atoms with Gasteiger partial charge in [0.1, 0.15) is 12.0 Å². The molecule has 2 rings (SSSR count). The number of aryl methyl sites for hydroxylation is 1. The monoisotopic (exact) mass is 274 g/mol. The maximum absolute atomic E-state index is 8.57. The summed E-state index contributed by atoms with van der Waals surface area (Å²) in [4.78, 5) is 4.20. The zero-order valence-electron chi connectivity index (χ0n) is 10.6. The van der Waals surface area contributed by atoms with Crippen LogP contribution in [-0.4, -0.2) is 17.3 Å². The number of oxazole rings is 1. The summed E-state index contributed by atoms with van der Waals surface area (Å²) < 4.78 is 10.8. The molecule has 0 aliphatic rings. The van der Waals surface area contributed by atoms with Gasteiger partial charge in [-0.05, 0) is 24.6 Å². The van der Waals surface area contributed by atoms with Crippen LogP contribution in [0, 0.1) is 18.3 Å². The first kappa shape index (κ1) is 13.5. The Morgan fingerprint density at radius 3 is 2.79 bits per heavy atom. The Kier molecular flexibility index (Phi) is 4.87. The van der Waals surface area contributed by atoms with Crippen molar-refractivity contribution in [1.29, 1.82) is 5.26 Å². The maximum Gasteiger partial charge on any atom is 0.255 e. The molecule has 1 aromatic heterocycles. The van der Waals surface area contributed by atoms with Crippen molar-refractivity contribution in [3.05, 3.63) is 41.8 Å². The van der Waals surface area contributed by atoms with E-state index in [9.17, 15) is 0 Å². The van der Waals surface area contributed by atoms with Gasteiger partial charge in [-0.3, -0.25) is 0 Å². The molecule has 0 radical (unpaired) electrons. The minimum absolute atomic E-state index is 0.430. The van der Waals surface area contributed by atoms with Gasteiger partial charge in [0.15, 0.2) is 0 Å². The van der Waals surface area contributed by atoms with Gasteiger partial charge in [0, 0.05) is 5.75 Å². The zero-order valence-corrected chi connectivity index (χ0v) is 11.4. The van der Waals surface area contributed by atoms with Crippen LogP contribution >= 0.6 is 11.8 Å². The van der Waals surface area contributed by atoms with Crippen molar-refractivity contribution in [3.63, 3.8) is 0 Å². The first-order valence-corrected chi connectivity index (χ1v) is 6.90. The van der Waals surface area contributed by atoms with Gasteiger partial charge in [0.25, 0.3) is 5.22 Å². The third-order valence-corrected chi connectivity index (χ3v) is 3.19. The number of benzene rings is 1. The van der Waals surface area contributed by atoms with E-state index in [1.807, 2.05) is 31.2 Å². The van der Waals surface area contributed by atoms with Gasteiger partial charge in [0.2, 0.25) is 0 Å². The van der Waals surface area contributed by atoms with Crippen LogP contribution in [0.15, 0.2) is 40.2 Å². The second-order valence-corrected chi connectivity index (χ2v) is 4.98. The molecule has 0 amide bonds. The van der Waals surface area contributed by atoms with E-state index in [-0.39, 0.29) is 0 Å². The molecule has 19 heavy (non-hydrogen) atoms. The Balaban J connectivity index is 1.72. The molecule has 0 spiro atoms. The lowest BCUT2D eigenvalue weighted by atomic mass is 10.2. The molecule has 1 aromatic carbocycles. The molecule has 0 saturated heterocycles. The third kappa shape index (κ3) is 4.34. The van der Waals surface area contributed by atoms with Crippen molar-refractivity contribution in [2.75, 3.05) is 12.4 Å². The number of nitrogens with zero attached hydrogens (tertiary/aromatic N) is 2. The maximum atomic E-state index is 8.57. The van der Waals surface area contributed by atoms with Crippen LogP contribution in [0.25, 0.3) is 0 Å². The average Bonchev–Trinajstić information content (AvgIpc) is 2.83. The van der Waals surface area contributed by atoms with E-state index in [0.29, 0.717) is 18.3 Å². The summed E-state index contributed by atoms with van der Waals surface area (Å²) in [6.07, 6.45) is 2.07. The highest BCUT2D eigenvalue weighted by atomic mass is 32.2. The van der Waals surface area contributed by atoms with Gasteiger partial charge in [-0.2, -0.15) is 5.26 Å². The standard InChI is InChI=1S/C14H14N2O2S/c1-11-10-18-14(16-11)19-9-8-17-13-4-2-12(3-5-13)6-7-15/h2-5,10H,6,8-9H2,1H3. The molecule has 5 heteroatoms. The second-order valence-electron chi connectivity index (χ2n) is 3.93. The molecule has 0 bridgehead atoms. The summed E-state index contributed by atoms with van der Waals surface area (Å²) in [7, 11) is 0. The number of hydrogen-bond donors (Lipinski definition) is 0. The Morgan fingerprint density at radius 2 is 2.16 bits per heavy atom. The van der Waals surface area contributed by atoms with E-state index in [4.69, 9.17) is 14.4 Å². The van der Waals surface area contributed by atoms with Crippen LogP contribution in [0.4, 0.5) is 0 Å². The fraction of sp³-hybridized carbons (Fsp3) is 0.286. The molecule has 0 atom stereocenters. The van der Waals surface area contributed by atoms with Gasteiger partial charge in [0.05, 0.1) is 24.8 Å². The molecule has 98 valence electrons. The number of thioether (sulfide) groups is 1. The van der Waals surface area contributed by atoms with Crippen LogP contribution in [0.2, 0.25) is 0 Å². The van der Waals surface area contributed by atoms with Crippen LogP contribution in [0.5, 0.6) is 5.75 Å². The minimum atomic E-state index is 0.430. The van der Waals surface area contributed by atoms with E-state index >= 15 is 0 Å². The summed E-state index contributed by atoms with van der Waals surface area (Å²) in [6.45, 7) is 2.48. The molecular formula is C14H14N2O2S. The fourth-order valence-electron chi connectivity index (χ4n) is 1.48. The summed E-state index contributed by atoms with van der Waals surface area (Å²) in [5.74, 6) is 1.59. The Labute approximate surface area is 116 Å². The van der Waals surface area contributed by atoms with Gasteiger partial charge >= 0.3 is 0 Å². The first-order chi connectivity index (χ1) is 9.28. The Morgan fingerprint density at radius 1 is 1.37 bits per heavy atom. The molecule has 2 aromatic rings. The summed E-state index contributed by atoms with van der Waals surface area (Å²) in [5, 5.41) is 9.25. The van der Waals surface area contributed by atoms with Gasteiger partial charge in [-0.1, -0.05) is 23.9 Å². The summed E-state index contributed by atoms with van der Waals surface area (Å²) in [6, 6.07) is 9.69. The average molecular weight is 274 g/mol. The minimum Gasteiger partial charge on any atom is -0.493 e. The van der Waals surface area contributed by atoms with E-state index in [0.717, 1.165) is 22.8 Å². The topological polar surface area (TPSA) is 59.0 Å². The number of ether oxygens (including phenoxy) is 1. The lowest BCUT2D eigenvalue weighted by Crippen LogP contribution is -2.00. The highest BCUT2D eigenvalue weighted by Gasteiger charge is 2.01. The predicted octanol–water partition coefficient (Wildman–Crippen LogP) is 3.22. The Bertz CT molecular complexity index is 558. The van der Waals surface area contributed by atoms with Crippen LogP contribution in [0.3, 0.4) is 0 Å². The summed E-state index contributed by atoms with van der Waals surface area (Å²) >= 11 is 1.53. The van der Waals surface area contributed by atoms with E-state index in [1.165, 1.54) is 11.8 Å². The molecule has 0 unspecified atom stereocenters. The lowest BCUT2D eigenvalue weighted by molar-refractivity contribution is 0.343. The van der Waals surface area contributed by atoms with Gasteiger partial charge in [-0.25, -0.2) is 4.98 Å². The van der Waals surface area contributed by atoms with Crippen molar-refractivity contribution in [2.24, 2.45) is 0 Å². The molecule has 0 saturated carbocycles. The molecular weight excluding hydrogens is 260 g/mol. The molecule has 0 aliphatic carbocycles. The van der Waals surface area contributed by atoms with E-state index in [1.54, 1.807) is 6.26 Å². The van der Waals surface area contributed by atoms with Crippen LogP contribution in [-0.2, 0) is 6.42 Å². The summed E-state index contributed by atoms with van der Waals surface area (Å²) in [5.41, 5.74) is 1.89. The van der Waals surface area contributed by atoms with Crippen molar-refractivity contribution in [2.45, 2.75) is 18.6 Å². The Hall–Kier alpha value is -1.93. The molecule has 0 aliphatic heterocycles. The number of rotatable bonds is 6. The second kappa shape index (κ2) is 6.86. The molecule has 1 heterocycles. The number of hydrogen-bond acceptors (Lipinski definition) is 5. The highest BCUT2D eigenvalue weighted by Crippen LogP contribution is 2.17. The normalized spacial score (nSPS) is 10.1. The first-order valence-electron chi connectivity index (χ1n) is 5.91. The highest BCUT2D eigenvalue weighted by molar-refractivity contribution is 7.99. The quantitative estimate of drug-likeness (QED) is 0.598. The van der Waals surface area contributed by atoms with Crippen LogP contribution < -0.4 is 4.74 Å². The smallest absolute Gasteiger partial charge is 0.255 e. The van der Waals surface area contributed by atoms with Crippen molar-refractivity contribution >= 4 is 11.8 Å². The zero-order chi connectivity index (χ0) is 13.5. The lowest BCUT2D eigenvalue weighted by Gasteiger charge is -2.05.